The molecule has 0 saturated carbocycles. The van der Waals surface area contributed by atoms with Crippen LogP contribution in [-0.2, 0) is 0 Å². The maximum Gasteiger partial charge on any atom is 0.573 e. The van der Waals surface area contributed by atoms with E-state index in [0.29, 0.717) is 0 Å². The summed E-state index contributed by atoms with van der Waals surface area (Å²) in [4.78, 5) is 0. The molecule has 18 heavy (non-hydrogen) atoms. The lowest BCUT2D eigenvalue weighted by Crippen LogP contribution is -2.16. The van der Waals surface area contributed by atoms with Crippen LogP contribution in [0.2, 0.25) is 0 Å². The lowest BCUT2D eigenvalue weighted by atomic mass is 10.1. The van der Waals surface area contributed by atoms with Gasteiger partial charge in [0.05, 0.1) is 0 Å². The molecule has 2 aromatic carbocycles. The third-order valence-electron chi connectivity index (χ3n) is 2.64. The van der Waals surface area contributed by atoms with E-state index < -0.39 is 6.36 Å². The monoisotopic (exact) mass is 267 g/mol. The Morgan fingerprint density at radius 1 is 0.889 bits per heavy atom. The Morgan fingerprint density at radius 3 is 2.39 bits per heavy atom. The SMILES string of the molecule is FC(F)(F)Oc1ccc2c(c1)[p-]c1ccccc12. The van der Waals surface area contributed by atoms with E-state index in [9.17, 15) is 13.2 Å². The van der Waals surface area contributed by atoms with Crippen LogP contribution in [0.15, 0.2) is 42.5 Å². The van der Waals surface area contributed by atoms with Crippen LogP contribution >= 0.6 is 8.19 Å². The summed E-state index contributed by atoms with van der Waals surface area (Å²) in [6, 6.07) is 12.3. The first kappa shape index (κ1) is 11.4. The van der Waals surface area contributed by atoms with Crippen molar-refractivity contribution in [3.63, 3.8) is 0 Å². The molecule has 0 saturated heterocycles. The second-order valence-corrected chi connectivity index (χ2v) is 5.04. The van der Waals surface area contributed by atoms with E-state index in [-0.39, 0.29) is 5.75 Å². The summed E-state index contributed by atoms with van der Waals surface area (Å²) in [6.07, 6.45) is -4.64. The molecule has 0 bridgehead atoms. The van der Waals surface area contributed by atoms with Gasteiger partial charge in [-0.25, -0.2) is 0 Å². The van der Waals surface area contributed by atoms with Crippen molar-refractivity contribution >= 4 is 29.2 Å². The van der Waals surface area contributed by atoms with Crippen molar-refractivity contribution in [3.05, 3.63) is 42.5 Å². The molecule has 92 valence electrons. The molecule has 0 aliphatic heterocycles. The summed E-state index contributed by atoms with van der Waals surface area (Å²) >= 11 is 0. The highest BCUT2D eigenvalue weighted by atomic mass is 31.0. The van der Waals surface area contributed by atoms with Gasteiger partial charge in [-0.1, -0.05) is 30.3 Å². The summed E-state index contributed by atoms with van der Waals surface area (Å²) in [5.74, 6) is -0.165. The molecule has 3 rings (SSSR count). The van der Waals surface area contributed by atoms with Crippen molar-refractivity contribution in [2.24, 2.45) is 0 Å². The number of hydrogen-bond acceptors (Lipinski definition) is 1. The van der Waals surface area contributed by atoms with Crippen LogP contribution in [0.25, 0.3) is 21.0 Å². The fourth-order valence-electron chi connectivity index (χ4n) is 1.96. The molecule has 1 heterocycles. The van der Waals surface area contributed by atoms with Gasteiger partial charge in [0.1, 0.15) is 5.75 Å². The van der Waals surface area contributed by atoms with Crippen LogP contribution in [0.4, 0.5) is 13.2 Å². The summed E-state index contributed by atoms with van der Waals surface area (Å²) in [5, 5.41) is 4.00. The van der Waals surface area contributed by atoms with Gasteiger partial charge in [0.25, 0.3) is 0 Å². The van der Waals surface area contributed by atoms with Crippen molar-refractivity contribution in [1.29, 1.82) is 0 Å². The van der Waals surface area contributed by atoms with Crippen LogP contribution < -0.4 is 4.74 Å². The number of benzene rings is 2. The Balaban J connectivity index is 2.15. The largest absolute Gasteiger partial charge is 0.573 e. The molecule has 5 heteroatoms. The minimum atomic E-state index is -4.64. The number of fused-ring (bicyclic) bond motifs is 3. The number of hydrogen-bond donors (Lipinski definition) is 0. The summed E-state index contributed by atoms with van der Waals surface area (Å²) in [6.45, 7) is 0. The summed E-state index contributed by atoms with van der Waals surface area (Å²) < 4.78 is 40.3. The fraction of sp³-hybridized carbons (Fsp3) is 0.0769. The van der Waals surface area contributed by atoms with Gasteiger partial charge in [-0.3, -0.25) is 0 Å². The van der Waals surface area contributed by atoms with Crippen LogP contribution in [0.5, 0.6) is 5.75 Å². The molecule has 1 aromatic heterocycles. The normalized spacial score (nSPS) is 12.6. The van der Waals surface area contributed by atoms with Crippen LogP contribution in [0.1, 0.15) is 0 Å². The van der Waals surface area contributed by atoms with Gasteiger partial charge < -0.3 is 12.9 Å². The van der Waals surface area contributed by atoms with E-state index in [1.165, 1.54) is 12.1 Å². The van der Waals surface area contributed by atoms with E-state index in [2.05, 4.69) is 4.74 Å². The lowest BCUT2D eigenvalue weighted by Gasteiger charge is -2.10. The first-order valence-electron chi connectivity index (χ1n) is 5.24. The van der Waals surface area contributed by atoms with E-state index in [1.54, 1.807) is 6.07 Å². The lowest BCUT2D eigenvalue weighted by molar-refractivity contribution is -0.274. The molecule has 3 aromatic rings. The van der Waals surface area contributed by atoms with Crippen LogP contribution in [-0.4, -0.2) is 6.36 Å². The number of rotatable bonds is 1. The van der Waals surface area contributed by atoms with E-state index in [4.69, 9.17) is 0 Å². The number of alkyl halides is 3. The molecular weight excluding hydrogens is 260 g/mol. The maximum absolute atomic E-state index is 12.1. The fourth-order valence-corrected chi connectivity index (χ4v) is 3.20. The molecule has 0 amide bonds. The van der Waals surface area contributed by atoms with Gasteiger partial charge in [0.15, 0.2) is 0 Å². The predicted octanol–water partition coefficient (Wildman–Crippen LogP) is 5.19. The minimum absolute atomic E-state index is 0.165. The Hall–Kier alpha value is -1.67. The van der Waals surface area contributed by atoms with Gasteiger partial charge in [-0.2, -0.15) is 10.2 Å². The third-order valence-corrected chi connectivity index (χ3v) is 3.88. The summed E-state index contributed by atoms with van der Waals surface area (Å²) in [5.41, 5.74) is 0. The van der Waals surface area contributed by atoms with Crippen molar-refractivity contribution in [2.45, 2.75) is 6.36 Å². The van der Waals surface area contributed by atoms with Crippen molar-refractivity contribution < 1.29 is 17.9 Å². The minimum Gasteiger partial charge on any atom is -0.514 e. The molecule has 0 unspecified atom stereocenters. The number of halogens is 3. The zero-order valence-corrected chi connectivity index (χ0v) is 9.93. The molecule has 0 atom stereocenters. The zero-order chi connectivity index (χ0) is 12.8. The average molecular weight is 267 g/mol. The molecule has 0 radical (unpaired) electrons. The highest BCUT2D eigenvalue weighted by Crippen LogP contribution is 2.39. The van der Waals surface area contributed by atoms with E-state index in [1.807, 2.05) is 24.3 Å². The topological polar surface area (TPSA) is 9.23 Å². The van der Waals surface area contributed by atoms with Gasteiger partial charge in [0, 0.05) is 0 Å². The Kier molecular flexibility index (Phi) is 2.49. The van der Waals surface area contributed by atoms with Crippen molar-refractivity contribution in [2.75, 3.05) is 0 Å². The summed E-state index contributed by atoms with van der Waals surface area (Å²) in [7, 11) is 0.920. The Morgan fingerprint density at radius 2 is 1.61 bits per heavy atom. The van der Waals surface area contributed by atoms with Crippen molar-refractivity contribution in [1.82, 2.24) is 0 Å². The Labute approximate surface area is 102 Å². The van der Waals surface area contributed by atoms with Crippen LogP contribution in [0, 0.1) is 0 Å². The van der Waals surface area contributed by atoms with E-state index >= 15 is 0 Å². The van der Waals surface area contributed by atoms with E-state index in [0.717, 1.165) is 29.2 Å². The first-order valence-corrected chi connectivity index (χ1v) is 6.13. The molecule has 0 aliphatic carbocycles. The molecule has 1 nitrogen and oxygen atoms in total. The van der Waals surface area contributed by atoms with Crippen molar-refractivity contribution in [3.8, 4) is 5.75 Å². The highest BCUT2D eigenvalue weighted by molar-refractivity contribution is 7.43. The first-order chi connectivity index (χ1) is 8.53. The number of ether oxygens (including phenoxy) is 1. The second-order valence-electron chi connectivity index (χ2n) is 3.86. The third kappa shape index (κ3) is 2.04. The van der Waals surface area contributed by atoms with Crippen LogP contribution in [0.3, 0.4) is 0 Å². The average Bonchev–Trinajstić information content (AvgIpc) is 2.64. The molecule has 0 spiro atoms. The molecule has 0 aliphatic rings. The predicted molar refractivity (Wildman–Crippen MR) is 66.2 cm³/mol. The Bertz CT molecular complexity index is 715. The standard InChI is InChI=1S/C13H7F3OP/c14-13(15,16)17-8-5-6-10-9-3-1-2-4-11(9)18-12(10)7-8/h1-7H/q-1. The van der Waals surface area contributed by atoms with Gasteiger partial charge in [-0.05, 0) is 22.9 Å². The highest BCUT2D eigenvalue weighted by Gasteiger charge is 2.30. The second kappa shape index (κ2) is 3.92. The molecule has 0 fully saturated rings. The molecule has 0 N–H and O–H groups in total. The quantitative estimate of drug-likeness (QED) is 0.589. The smallest absolute Gasteiger partial charge is 0.514 e. The van der Waals surface area contributed by atoms with Gasteiger partial charge in [-0.15, -0.1) is 13.2 Å². The van der Waals surface area contributed by atoms with Gasteiger partial charge in [0.2, 0.25) is 0 Å². The zero-order valence-electron chi connectivity index (χ0n) is 9.03. The maximum atomic E-state index is 12.1. The molecular formula is C13H7F3OP-. The van der Waals surface area contributed by atoms with Gasteiger partial charge >= 0.3 is 6.36 Å².